The molecule has 1 heterocycles. The number of anilines is 1. The molecule has 1 saturated heterocycles. The average Bonchev–Trinajstić information content (AvgIpc) is 2.72. The Balaban J connectivity index is 1.50. The van der Waals surface area contributed by atoms with Crippen LogP contribution in [0.4, 0.5) is 18.9 Å². The van der Waals surface area contributed by atoms with Gasteiger partial charge in [-0.25, -0.2) is 0 Å². The summed E-state index contributed by atoms with van der Waals surface area (Å²) in [5.74, 6) is 0.584. The highest BCUT2D eigenvalue weighted by atomic mass is 19.4. The molecule has 3 nitrogen and oxygen atoms in total. The minimum absolute atomic E-state index is 0.0987. The van der Waals surface area contributed by atoms with Gasteiger partial charge >= 0.3 is 6.18 Å². The van der Waals surface area contributed by atoms with Crippen molar-refractivity contribution in [3.8, 4) is 0 Å². The average molecular weight is 404 g/mol. The number of rotatable bonds is 5. The maximum Gasteiger partial charge on any atom is 0.416 e. The Morgan fingerprint density at radius 3 is 2.24 bits per heavy atom. The number of carbonyl (C=O) groups excluding carboxylic acids is 1. The van der Waals surface area contributed by atoms with Crippen molar-refractivity contribution in [3.63, 3.8) is 0 Å². The van der Waals surface area contributed by atoms with E-state index in [4.69, 9.17) is 0 Å². The van der Waals surface area contributed by atoms with Gasteiger partial charge in [-0.3, -0.25) is 4.79 Å². The van der Waals surface area contributed by atoms with Crippen LogP contribution < -0.4 is 4.90 Å². The van der Waals surface area contributed by atoms with Crippen LogP contribution in [0.25, 0.3) is 0 Å². The molecule has 0 unspecified atom stereocenters. The first-order valence-corrected chi connectivity index (χ1v) is 10.0. The van der Waals surface area contributed by atoms with Crippen molar-refractivity contribution in [1.29, 1.82) is 0 Å². The lowest BCUT2D eigenvalue weighted by atomic mass is 10.00. The summed E-state index contributed by atoms with van der Waals surface area (Å²) >= 11 is 0. The molecule has 0 N–H and O–H groups in total. The second-order valence-corrected chi connectivity index (χ2v) is 7.81. The van der Waals surface area contributed by atoms with E-state index in [1.807, 2.05) is 9.80 Å². The van der Waals surface area contributed by atoms with Crippen molar-refractivity contribution in [2.45, 2.75) is 38.8 Å². The molecule has 0 aromatic heterocycles. The van der Waals surface area contributed by atoms with Gasteiger partial charge in [0, 0.05) is 38.3 Å². The van der Waals surface area contributed by atoms with Crippen LogP contribution in [-0.2, 0) is 17.4 Å². The standard InChI is InChI=1S/C23H27F3N2O/c1-17(2)19-9-6-18(7-10-19)8-11-22(29)28-14-12-27(13-15-28)21-5-3-4-20(16-21)23(24,25)26/h3-7,9-10,16-17H,8,11-15H2,1-2H3. The molecule has 3 rings (SSSR count). The van der Waals surface area contributed by atoms with Crippen molar-refractivity contribution in [1.82, 2.24) is 4.90 Å². The largest absolute Gasteiger partial charge is 0.416 e. The van der Waals surface area contributed by atoms with E-state index in [1.54, 1.807) is 6.07 Å². The molecule has 0 atom stereocenters. The van der Waals surface area contributed by atoms with Crippen LogP contribution in [-0.4, -0.2) is 37.0 Å². The zero-order valence-electron chi connectivity index (χ0n) is 16.9. The van der Waals surface area contributed by atoms with Crippen LogP contribution in [0.5, 0.6) is 0 Å². The molecule has 0 spiro atoms. The maximum absolute atomic E-state index is 12.9. The van der Waals surface area contributed by atoms with Gasteiger partial charge in [0.05, 0.1) is 5.56 Å². The Morgan fingerprint density at radius 1 is 1.00 bits per heavy atom. The maximum atomic E-state index is 12.9. The highest BCUT2D eigenvalue weighted by molar-refractivity contribution is 5.76. The van der Waals surface area contributed by atoms with Gasteiger partial charge in [-0.15, -0.1) is 0 Å². The minimum atomic E-state index is -4.35. The fourth-order valence-corrected chi connectivity index (χ4v) is 3.57. The molecular weight excluding hydrogens is 377 g/mol. The molecule has 1 aliphatic rings. The van der Waals surface area contributed by atoms with Crippen molar-refractivity contribution < 1.29 is 18.0 Å². The molecule has 2 aromatic carbocycles. The zero-order chi connectivity index (χ0) is 21.0. The summed E-state index contributed by atoms with van der Waals surface area (Å²) in [6.45, 7) is 6.43. The highest BCUT2D eigenvalue weighted by Crippen LogP contribution is 2.31. The smallest absolute Gasteiger partial charge is 0.368 e. The molecule has 0 radical (unpaired) electrons. The van der Waals surface area contributed by atoms with Gasteiger partial charge in [-0.1, -0.05) is 44.2 Å². The number of hydrogen-bond acceptors (Lipinski definition) is 2. The summed E-state index contributed by atoms with van der Waals surface area (Å²) in [5, 5.41) is 0. The van der Waals surface area contributed by atoms with E-state index in [-0.39, 0.29) is 5.91 Å². The number of benzene rings is 2. The van der Waals surface area contributed by atoms with Gasteiger partial charge in [0.1, 0.15) is 0 Å². The van der Waals surface area contributed by atoms with Crippen LogP contribution >= 0.6 is 0 Å². The van der Waals surface area contributed by atoms with E-state index in [1.165, 1.54) is 17.7 Å². The van der Waals surface area contributed by atoms with Crippen LogP contribution in [0.1, 0.15) is 42.9 Å². The third kappa shape index (κ3) is 5.52. The molecule has 1 aliphatic heterocycles. The second-order valence-electron chi connectivity index (χ2n) is 7.81. The number of alkyl halides is 3. The predicted octanol–water partition coefficient (Wildman–Crippen LogP) is 5.11. The number of nitrogens with zero attached hydrogens (tertiary/aromatic N) is 2. The summed E-state index contributed by atoms with van der Waals surface area (Å²) in [6.07, 6.45) is -3.20. The molecule has 156 valence electrons. The Labute approximate surface area is 170 Å². The molecule has 6 heteroatoms. The van der Waals surface area contributed by atoms with E-state index in [9.17, 15) is 18.0 Å². The fourth-order valence-electron chi connectivity index (χ4n) is 3.57. The first kappa shape index (κ1) is 21.2. The number of piperazine rings is 1. The van der Waals surface area contributed by atoms with E-state index >= 15 is 0 Å². The third-order valence-electron chi connectivity index (χ3n) is 5.44. The van der Waals surface area contributed by atoms with E-state index in [2.05, 4.69) is 38.1 Å². The summed E-state index contributed by atoms with van der Waals surface area (Å²) < 4.78 is 38.8. The summed E-state index contributed by atoms with van der Waals surface area (Å²) in [6, 6.07) is 13.8. The quantitative estimate of drug-likeness (QED) is 0.691. The number of halogens is 3. The normalized spacial score (nSPS) is 15.1. The summed E-state index contributed by atoms with van der Waals surface area (Å²) in [4.78, 5) is 16.3. The Morgan fingerprint density at radius 2 is 1.66 bits per heavy atom. The third-order valence-corrected chi connectivity index (χ3v) is 5.44. The molecular formula is C23H27F3N2O. The molecule has 0 bridgehead atoms. The van der Waals surface area contributed by atoms with E-state index in [0.29, 0.717) is 50.6 Å². The second kappa shape index (κ2) is 8.89. The topological polar surface area (TPSA) is 23.6 Å². The Hall–Kier alpha value is -2.50. The molecule has 1 amide bonds. The lowest BCUT2D eigenvalue weighted by Gasteiger charge is -2.36. The Bertz CT molecular complexity index is 823. The molecule has 0 aliphatic carbocycles. The Kier molecular flexibility index (Phi) is 6.50. The van der Waals surface area contributed by atoms with Gasteiger partial charge in [0.15, 0.2) is 0 Å². The number of carbonyl (C=O) groups is 1. The van der Waals surface area contributed by atoms with Gasteiger partial charge in [-0.2, -0.15) is 13.2 Å². The molecule has 2 aromatic rings. The summed E-state index contributed by atoms with van der Waals surface area (Å²) in [5.41, 5.74) is 2.34. The van der Waals surface area contributed by atoms with Crippen molar-refractivity contribution in [3.05, 3.63) is 65.2 Å². The van der Waals surface area contributed by atoms with Crippen LogP contribution in [0, 0.1) is 0 Å². The van der Waals surface area contributed by atoms with Gasteiger partial charge < -0.3 is 9.80 Å². The van der Waals surface area contributed by atoms with Gasteiger partial charge in [0.25, 0.3) is 0 Å². The summed E-state index contributed by atoms with van der Waals surface area (Å²) in [7, 11) is 0. The van der Waals surface area contributed by atoms with Crippen LogP contribution in [0.3, 0.4) is 0 Å². The monoisotopic (exact) mass is 404 g/mol. The molecule has 1 fully saturated rings. The lowest BCUT2D eigenvalue weighted by molar-refractivity contribution is -0.137. The fraction of sp³-hybridized carbons (Fsp3) is 0.435. The van der Waals surface area contributed by atoms with Gasteiger partial charge in [-0.05, 0) is 41.7 Å². The SMILES string of the molecule is CC(C)c1ccc(CCC(=O)N2CCN(c3cccc(C(F)(F)F)c3)CC2)cc1. The number of aryl methyl sites for hydroxylation is 1. The number of hydrogen-bond donors (Lipinski definition) is 0. The minimum Gasteiger partial charge on any atom is -0.368 e. The first-order chi connectivity index (χ1) is 13.7. The molecule has 0 saturated carbocycles. The first-order valence-electron chi connectivity index (χ1n) is 10.0. The van der Waals surface area contributed by atoms with E-state index < -0.39 is 11.7 Å². The molecule has 29 heavy (non-hydrogen) atoms. The van der Waals surface area contributed by atoms with Crippen molar-refractivity contribution in [2.75, 3.05) is 31.1 Å². The van der Waals surface area contributed by atoms with Gasteiger partial charge in [0.2, 0.25) is 5.91 Å². The van der Waals surface area contributed by atoms with E-state index in [0.717, 1.165) is 11.6 Å². The zero-order valence-corrected chi connectivity index (χ0v) is 16.9. The van der Waals surface area contributed by atoms with Crippen molar-refractivity contribution >= 4 is 11.6 Å². The lowest BCUT2D eigenvalue weighted by Crippen LogP contribution is -2.48. The van der Waals surface area contributed by atoms with Crippen LogP contribution in [0.15, 0.2) is 48.5 Å². The van der Waals surface area contributed by atoms with Crippen LogP contribution in [0.2, 0.25) is 0 Å². The number of amides is 1. The predicted molar refractivity (Wildman–Crippen MR) is 109 cm³/mol. The van der Waals surface area contributed by atoms with Crippen molar-refractivity contribution in [2.24, 2.45) is 0 Å². The highest BCUT2D eigenvalue weighted by Gasteiger charge is 2.31.